The Bertz CT molecular complexity index is 716. The minimum Gasteiger partial charge on any atom is -0.457 e. The van der Waals surface area contributed by atoms with E-state index in [1.54, 1.807) is 17.0 Å². The van der Waals surface area contributed by atoms with Crippen molar-refractivity contribution in [3.05, 3.63) is 48.3 Å². The normalized spacial score (nSPS) is 20.3. The molecule has 1 unspecified atom stereocenters. The zero-order valence-electron chi connectivity index (χ0n) is 12.6. The second-order valence-corrected chi connectivity index (χ2v) is 6.44. The molecule has 1 aliphatic rings. The molecule has 1 aliphatic heterocycles. The Labute approximate surface area is 137 Å². The van der Waals surface area contributed by atoms with Crippen LogP contribution in [0.1, 0.15) is 18.4 Å². The number of ether oxygens (including phenoxy) is 2. The van der Waals surface area contributed by atoms with Gasteiger partial charge in [-0.15, -0.1) is 0 Å². The summed E-state index contributed by atoms with van der Waals surface area (Å²) in [5, 5.41) is 0.594. The number of hydrogen-bond donors (Lipinski definition) is 0. The maximum Gasteiger partial charge on any atom is 0.362 e. The van der Waals surface area contributed by atoms with Gasteiger partial charge in [0.15, 0.2) is 5.16 Å². The van der Waals surface area contributed by atoms with Crippen LogP contribution in [0.25, 0.3) is 0 Å². The first-order valence-electron chi connectivity index (χ1n) is 7.18. The van der Waals surface area contributed by atoms with Crippen molar-refractivity contribution >= 4 is 23.7 Å². The Kier molecular flexibility index (Phi) is 4.38. The highest BCUT2D eigenvalue weighted by atomic mass is 32.2. The Balaban J connectivity index is 1.74. The molecule has 6 nitrogen and oxygen atoms in total. The molecule has 0 bridgehead atoms. The molecule has 23 heavy (non-hydrogen) atoms. The first-order chi connectivity index (χ1) is 11.1. The number of esters is 2. The monoisotopic (exact) mass is 332 g/mol. The molecular weight excluding hydrogens is 316 g/mol. The average Bonchev–Trinajstić information content (AvgIpc) is 3.13. The summed E-state index contributed by atoms with van der Waals surface area (Å²) in [6, 6.07) is 9.37. The lowest BCUT2D eigenvalue weighted by Crippen LogP contribution is -2.36. The Hall–Kier alpha value is -2.28. The minimum atomic E-state index is -1.36. The van der Waals surface area contributed by atoms with E-state index in [0.29, 0.717) is 5.16 Å². The summed E-state index contributed by atoms with van der Waals surface area (Å²) in [5.41, 5.74) is 0.877. The molecule has 0 spiro atoms. The summed E-state index contributed by atoms with van der Waals surface area (Å²) < 4.78 is 12.5. The van der Waals surface area contributed by atoms with E-state index >= 15 is 0 Å². The summed E-state index contributed by atoms with van der Waals surface area (Å²) in [6.07, 6.45) is 3.86. The highest BCUT2D eigenvalue weighted by Crippen LogP contribution is 2.42. The molecule has 2 heterocycles. The molecule has 1 aromatic carbocycles. The van der Waals surface area contributed by atoms with Crippen LogP contribution < -0.4 is 0 Å². The van der Waals surface area contributed by atoms with Crippen molar-refractivity contribution in [3.63, 3.8) is 0 Å². The van der Waals surface area contributed by atoms with E-state index in [4.69, 9.17) is 9.47 Å². The van der Waals surface area contributed by atoms with E-state index in [-0.39, 0.29) is 19.4 Å². The minimum absolute atomic E-state index is 0.139. The number of cyclic esters (lactones) is 1. The van der Waals surface area contributed by atoms with Crippen molar-refractivity contribution in [1.82, 2.24) is 9.55 Å². The number of rotatable bonds is 5. The number of carbonyl (C=O) groups is 2. The number of nitrogens with zero attached hydrogens (tertiary/aromatic N) is 2. The molecule has 3 rings (SSSR count). The molecule has 0 radical (unpaired) electrons. The lowest BCUT2D eigenvalue weighted by Gasteiger charge is -2.24. The molecule has 1 aromatic heterocycles. The second-order valence-electron chi connectivity index (χ2n) is 5.21. The van der Waals surface area contributed by atoms with Gasteiger partial charge in [0.1, 0.15) is 6.61 Å². The van der Waals surface area contributed by atoms with E-state index in [1.165, 1.54) is 0 Å². The zero-order valence-corrected chi connectivity index (χ0v) is 13.4. The molecule has 0 amide bonds. The van der Waals surface area contributed by atoms with Gasteiger partial charge in [-0.2, -0.15) is 0 Å². The molecule has 120 valence electrons. The van der Waals surface area contributed by atoms with E-state index in [0.717, 1.165) is 17.3 Å². The van der Waals surface area contributed by atoms with Crippen LogP contribution in [0.3, 0.4) is 0 Å². The van der Waals surface area contributed by atoms with Gasteiger partial charge in [-0.25, -0.2) is 9.78 Å². The molecule has 1 fully saturated rings. The maximum absolute atomic E-state index is 12.6. The third kappa shape index (κ3) is 3.39. The lowest BCUT2D eigenvalue weighted by molar-refractivity contribution is -0.165. The van der Waals surface area contributed by atoms with Crippen LogP contribution in [0, 0.1) is 0 Å². The topological polar surface area (TPSA) is 70.4 Å². The molecule has 1 atom stereocenters. The number of thioether (sulfide) groups is 1. The van der Waals surface area contributed by atoms with Crippen LogP contribution in [0.15, 0.2) is 47.9 Å². The number of aryl methyl sites for hydroxylation is 1. The number of imidazole rings is 1. The van der Waals surface area contributed by atoms with E-state index in [1.807, 2.05) is 37.4 Å². The molecule has 1 saturated heterocycles. The molecular formula is C16H16N2O4S. The van der Waals surface area contributed by atoms with Crippen LogP contribution in [0.4, 0.5) is 0 Å². The Morgan fingerprint density at radius 2 is 2.22 bits per heavy atom. The number of carbonyl (C=O) groups excluding carboxylic acids is 2. The van der Waals surface area contributed by atoms with Gasteiger partial charge < -0.3 is 14.0 Å². The van der Waals surface area contributed by atoms with Crippen molar-refractivity contribution in [3.8, 4) is 0 Å². The number of hydrogen-bond acceptors (Lipinski definition) is 6. The highest BCUT2D eigenvalue weighted by Gasteiger charge is 2.50. The number of aromatic nitrogens is 2. The fraction of sp³-hybridized carbons (Fsp3) is 0.312. The predicted octanol–water partition coefficient (Wildman–Crippen LogP) is 2.29. The lowest BCUT2D eigenvalue weighted by atomic mass is 10.2. The van der Waals surface area contributed by atoms with Gasteiger partial charge in [0.25, 0.3) is 4.93 Å². The molecule has 0 saturated carbocycles. The Morgan fingerprint density at radius 1 is 1.43 bits per heavy atom. The first-order valence-corrected chi connectivity index (χ1v) is 8.00. The van der Waals surface area contributed by atoms with Crippen LogP contribution >= 0.6 is 11.8 Å². The van der Waals surface area contributed by atoms with Gasteiger partial charge in [-0.3, -0.25) is 4.79 Å². The fourth-order valence-corrected chi connectivity index (χ4v) is 3.33. The summed E-state index contributed by atoms with van der Waals surface area (Å²) in [6.45, 7) is 0.139. The van der Waals surface area contributed by atoms with Crippen molar-refractivity contribution in [2.45, 2.75) is 29.5 Å². The summed E-state index contributed by atoms with van der Waals surface area (Å²) in [5.74, 6) is -0.955. The van der Waals surface area contributed by atoms with Crippen LogP contribution in [0.5, 0.6) is 0 Å². The van der Waals surface area contributed by atoms with Crippen LogP contribution in [-0.4, -0.2) is 26.4 Å². The van der Waals surface area contributed by atoms with E-state index in [2.05, 4.69) is 4.98 Å². The summed E-state index contributed by atoms with van der Waals surface area (Å²) >= 11 is 1.11. The van der Waals surface area contributed by atoms with Crippen molar-refractivity contribution in [1.29, 1.82) is 0 Å². The van der Waals surface area contributed by atoms with Gasteiger partial charge >= 0.3 is 11.9 Å². The van der Waals surface area contributed by atoms with Gasteiger partial charge in [0.2, 0.25) is 0 Å². The SMILES string of the molecule is Cn1ccnc1SC1(C(=O)OCc2ccccc2)CCC(=O)O1. The van der Waals surface area contributed by atoms with E-state index < -0.39 is 16.9 Å². The third-order valence-corrected chi connectivity index (χ3v) is 4.85. The Morgan fingerprint density at radius 3 is 2.83 bits per heavy atom. The zero-order chi connectivity index (χ0) is 16.3. The standard InChI is InChI=1S/C16H16N2O4S/c1-18-10-9-17-15(18)23-16(8-7-13(19)22-16)14(20)21-11-12-5-3-2-4-6-12/h2-6,9-10H,7-8,11H2,1H3. The average molecular weight is 332 g/mol. The van der Waals surface area contributed by atoms with Crippen molar-refractivity contribution in [2.24, 2.45) is 7.05 Å². The molecule has 7 heteroatoms. The predicted molar refractivity (Wildman–Crippen MR) is 83.4 cm³/mol. The summed E-state index contributed by atoms with van der Waals surface area (Å²) in [4.78, 5) is 27.0. The van der Waals surface area contributed by atoms with Crippen LogP contribution in [0.2, 0.25) is 0 Å². The fourth-order valence-electron chi connectivity index (χ4n) is 2.24. The quantitative estimate of drug-likeness (QED) is 0.783. The molecule has 0 N–H and O–H groups in total. The highest BCUT2D eigenvalue weighted by molar-refractivity contribution is 8.01. The van der Waals surface area contributed by atoms with E-state index in [9.17, 15) is 9.59 Å². The molecule has 0 aliphatic carbocycles. The summed E-state index contributed by atoms with van der Waals surface area (Å²) in [7, 11) is 1.81. The first kappa shape index (κ1) is 15.6. The van der Waals surface area contributed by atoms with Gasteiger partial charge in [0, 0.05) is 25.9 Å². The van der Waals surface area contributed by atoms with Gasteiger partial charge in [0.05, 0.1) is 6.42 Å². The van der Waals surface area contributed by atoms with Gasteiger partial charge in [-0.05, 0) is 17.3 Å². The van der Waals surface area contributed by atoms with Gasteiger partial charge in [-0.1, -0.05) is 30.3 Å². The second kappa shape index (κ2) is 6.45. The third-order valence-electron chi connectivity index (χ3n) is 3.49. The number of benzene rings is 1. The maximum atomic E-state index is 12.6. The van der Waals surface area contributed by atoms with Crippen LogP contribution in [-0.2, 0) is 32.7 Å². The van der Waals surface area contributed by atoms with Crippen molar-refractivity contribution < 1.29 is 19.1 Å². The van der Waals surface area contributed by atoms with Crippen molar-refractivity contribution in [2.75, 3.05) is 0 Å². The molecule has 2 aromatic rings. The smallest absolute Gasteiger partial charge is 0.362 e. The largest absolute Gasteiger partial charge is 0.457 e.